The van der Waals surface area contributed by atoms with Gasteiger partial charge in [-0.25, -0.2) is 19.4 Å². The fourth-order valence-electron chi connectivity index (χ4n) is 3.26. The van der Waals surface area contributed by atoms with Crippen LogP contribution in [-0.2, 0) is 26.3 Å². The normalized spacial score (nSPS) is 20.0. The van der Waals surface area contributed by atoms with Crippen molar-refractivity contribution in [1.82, 2.24) is 40.4 Å². The molecule has 2 amide bonds. The van der Waals surface area contributed by atoms with Gasteiger partial charge in [-0.1, -0.05) is 16.9 Å². The van der Waals surface area contributed by atoms with Crippen LogP contribution < -0.4 is 11.1 Å². The number of nitrogens with zero attached hydrogens (tertiary/aromatic N) is 8. The van der Waals surface area contributed by atoms with Crippen LogP contribution in [0.5, 0.6) is 0 Å². The average Bonchev–Trinajstić information content (AvgIpc) is 3.23. The van der Waals surface area contributed by atoms with Gasteiger partial charge in [-0.2, -0.15) is 0 Å². The van der Waals surface area contributed by atoms with Crippen LogP contribution >= 0.6 is 23.5 Å². The highest BCUT2D eigenvalue weighted by molar-refractivity contribution is 8.01. The summed E-state index contributed by atoms with van der Waals surface area (Å²) < 4.78 is 1.47. The molecule has 2 aliphatic heterocycles. The molecule has 4 rings (SSSR count). The Morgan fingerprint density at radius 1 is 1.47 bits per heavy atom. The van der Waals surface area contributed by atoms with Crippen LogP contribution in [0.4, 0.5) is 5.82 Å². The Balaban J connectivity index is 1.50. The van der Waals surface area contributed by atoms with E-state index in [4.69, 9.17) is 10.6 Å². The summed E-state index contributed by atoms with van der Waals surface area (Å²) >= 11 is 2.60. The number of thioether (sulfide) groups is 2. The second kappa shape index (κ2) is 9.64. The molecule has 1 fully saturated rings. The van der Waals surface area contributed by atoms with Crippen LogP contribution in [0, 0.1) is 0 Å². The maximum absolute atomic E-state index is 12.9. The lowest BCUT2D eigenvalue weighted by Crippen LogP contribution is -2.71. The number of aromatic nitrogens is 6. The maximum Gasteiger partial charge on any atom is 0.352 e. The third-order valence-corrected chi connectivity index (χ3v) is 7.22. The third kappa shape index (κ3) is 4.38. The molecule has 0 aromatic carbocycles. The molecule has 0 radical (unpaired) electrons. The number of carboxylic acids is 1. The Labute approximate surface area is 200 Å². The minimum absolute atomic E-state index is 0.0806. The molecule has 4 heterocycles. The second-order valence-electron chi connectivity index (χ2n) is 6.92. The first-order chi connectivity index (χ1) is 16.3. The molecule has 17 heteroatoms. The smallest absolute Gasteiger partial charge is 0.352 e. The van der Waals surface area contributed by atoms with Gasteiger partial charge < -0.3 is 21.0 Å². The number of carbonyl (C=O) groups is 3. The van der Waals surface area contributed by atoms with Crippen LogP contribution in [0.1, 0.15) is 5.82 Å². The fraction of sp³-hybridized carbons (Fsp3) is 0.353. The number of aliphatic carboxylic acids is 1. The summed E-state index contributed by atoms with van der Waals surface area (Å²) in [5.74, 6) is -1.88. The van der Waals surface area contributed by atoms with Crippen molar-refractivity contribution in [3.05, 3.63) is 29.4 Å². The van der Waals surface area contributed by atoms with Crippen molar-refractivity contribution in [3.8, 4) is 0 Å². The van der Waals surface area contributed by atoms with Crippen LogP contribution in [0.3, 0.4) is 0 Å². The van der Waals surface area contributed by atoms with Gasteiger partial charge in [0.25, 0.3) is 11.8 Å². The van der Waals surface area contributed by atoms with E-state index in [-0.39, 0.29) is 28.8 Å². The molecule has 4 N–H and O–H groups in total. The topological polar surface area (TPSA) is 204 Å². The molecule has 1 saturated heterocycles. The van der Waals surface area contributed by atoms with E-state index in [1.807, 2.05) is 0 Å². The molecule has 1 unspecified atom stereocenters. The van der Waals surface area contributed by atoms with Gasteiger partial charge in [-0.15, -0.1) is 16.9 Å². The molecule has 0 saturated carbocycles. The van der Waals surface area contributed by atoms with E-state index in [1.54, 1.807) is 7.05 Å². The van der Waals surface area contributed by atoms with Gasteiger partial charge in [0, 0.05) is 24.8 Å². The quantitative estimate of drug-likeness (QED) is 0.161. The van der Waals surface area contributed by atoms with E-state index in [0.717, 1.165) is 0 Å². The van der Waals surface area contributed by atoms with E-state index in [0.29, 0.717) is 16.5 Å². The predicted molar refractivity (Wildman–Crippen MR) is 119 cm³/mol. The van der Waals surface area contributed by atoms with Gasteiger partial charge in [0.05, 0.1) is 0 Å². The second-order valence-corrected chi connectivity index (χ2v) is 8.97. The number of aryl methyl sites for hydroxylation is 1. The highest BCUT2D eigenvalue weighted by Gasteiger charge is 2.54. The Morgan fingerprint density at radius 3 is 2.91 bits per heavy atom. The number of carbonyl (C=O) groups excluding carboxylic acids is 2. The van der Waals surface area contributed by atoms with E-state index < -0.39 is 29.2 Å². The molecule has 15 nitrogen and oxygen atoms in total. The van der Waals surface area contributed by atoms with Crippen molar-refractivity contribution in [2.75, 3.05) is 24.3 Å². The summed E-state index contributed by atoms with van der Waals surface area (Å²) in [5, 5.41) is 27.1. The van der Waals surface area contributed by atoms with E-state index in [2.05, 4.69) is 36.0 Å². The lowest BCUT2D eigenvalue weighted by molar-refractivity contribution is -0.150. The molecule has 2 aromatic heterocycles. The lowest BCUT2D eigenvalue weighted by Gasteiger charge is -2.49. The Hall–Kier alpha value is -3.73. The zero-order chi connectivity index (χ0) is 24.4. The van der Waals surface area contributed by atoms with Crippen LogP contribution in [0.15, 0.2) is 33.8 Å². The Kier molecular flexibility index (Phi) is 6.64. The summed E-state index contributed by atoms with van der Waals surface area (Å²) in [4.78, 5) is 51.5. The van der Waals surface area contributed by atoms with Crippen molar-refractivity contribution in [2.24, 2.45) is 12.2 Å². The molecular formula is C17H18N10O5S2. The molecule has 0 aliphatic carbocycles. The standard InChI is InChI=1S/C17H18N10O5S2/c1-26-17(22-24-25-26)34-6-7-5-33-15-10(14(29)27(15)11(7)16(30)31)21-13(28)9(23-32-2)12-19-4-3-8(18)20-12/h3-4,10,15H,5-6H2,1-2H3,(H,21,28)(H,30,31)(H2,18,19,20)/b23-9-/t10?,15-/m1/s1. The Morgan fingerprint density at radius 2 is 2.26 bits per heavy atom. The number of oxime groups is 1. The van der Waals surface area contributed by atoms with Gasteiger partial charge in [0.2, 0.25) is 10.9 Å². The first kappa shape index (κ1) is 23.4. The number of rotatable bonds is 8. The predicted octanol–water partition coefficient (Wildman–Crippen LogP) is -1.54. The lowest BCUT2D eigenvalue weighted by atomic mass is 10.0. The van der Waals surface area contributed by atoms with Crippen molar-refractivity contribution in [1.29, 1.82) is 0 Å². The number of carboxylic acid groups (broad SMARTS) is 1. The Bertz CT molecular complexity index is 1210. The zero-order valence-electron chi connectivity index (χ0n) is 17.8. The van der Waals surface area contributed by atoms with E-state index >= 15 is 0 Å². The molecule has 0 spiro atoms. The number of nitrogens with two attached hydrogens (primary N) is 1. The number of hydrogen-bond acceptors (Lipinski definition) is 13. The number of β-lactam (4-membered cyclic amide) rings is 1. The largest absolute Gasteiger partial charge is 0.477 e. The van der Waals surface area contributed by atoms with Crippen LogP contribution in [0.25, 0.3) is 0 Å². The van der Waals surface area contributed by atoms with Crippen molar-refractivity contribution in [2.45, 2.75) is 16.6 Å². The van der Waals surface area contributed by atoms with Gasteiger partial charge in [0.1, 0.15) is 30.0 Å². The van der Waals surface area contributed by atoms with Crippen molar-refractivity contribution in [3.63, 3.8) is 0 Å². The summed E-state index contributed by atoms with van der Waals surface area (Å²) in [5.41, 5.74) is 5.82. The summed E-state index contributed by atoms with van der Waals surface area (Å²) in [6.07, 6.45) is 1.35. The first-order valence-corrected chi connectivity index (χ1v) is 11.6. The molecule has 0 bridgehead atoms. The van der Waals surface area contributed by atoms with Gasteiger partial charge in [-0.3, -0.25) is 14.5 Å². The number of tetrazole rings is 1. The third-order valence-electron chi connectivity index (χ3n) is 4.78. The molecule has 2 aliphatic rings. The minimum Gasteiger partial charge on any atom is -0.477 e. The van der Waals surface area contributed by atoms with Gasteiger partial charge >= 0.3 is 5.97 Å². The molecule has 178 valence electrons. The highest BCUT2D eigenvalue weighted by atomic mass is 32.2. The SMILES string of the molecule is CO/N=C(\C(=O)NC1C(=O)N2C(C(=O)O)=C(CSc3nnnn3C)CS[C@H]12)c1nccc(N)n1. The number of anilines is 1. The van der Waals surface area contributed by atoms with Gasteiger partial charge in [-0.05, 0) is 22.1 Å². The summed E-state index contributed by atoms with van der Waals surface area (Å²) in [6, 6.07) is 0.473. The van der Waals surface area contributed by atoms with Crippen molar-refractivity contribution >= 4 is 52.8 Å². The first-order valence-electron chi connectivity index (χ1n) is 9.57. The fourth-order valence-corrected chi connectivity index (χ4v) is 5.60. The van der Waals surface area contributed by atoms with E-state index in [9.17, 15) is 19.5 Å². The van der Waals surface area contributed by atoms with Gasteiger partial charge in [0.15, 0.2) is 5.82 Å². The van der Waals surface area contributed by atoms with Crippen LogP contribution in [-0.4, -0.2) is 93.7 Å². The molecule has 34 heavy (non-hydrogen) atoms. The number of nitrogens with one attached hydrogen (secondary N) is 1. The number of hydrogen-bond donors (Lipinski definition) is 3. The van der Waals surface area contributed by atoms with E-state index in [1.165, 1.54) is 52.5 Å². The van der Waals surface area contributed by atoms with Crippen LogP contribution in [0.2, 0.25) is 0 Å². The number of nitrogen functional groups attached to an aromatic ring is 1. The average molecular weight is 507 g/mol. The number of amides is 2. The molecule has 2 aromatic rings. The highest BCUT2D eigenvalue weighted by Crippen LogP contribution is 2.41. The molecule has 2 atom stereocenters. The monoisotopic (exact) mass is 506 g/mol. The van der Waals surface area contributed by atoms with Crippen molar-refractivity contribution < 1.29 is 24.3 Å². The summed E-state index contributed by atoms with van der Waals surface area (Å²) in [6.45, 7) is 0. The minimum atomic E-state index is -1.23. The maximum atomic E-state index is 12.9. The zero-order valence-corrected chi connectivity index (χ0v) is 19.4. The summed E-state index contributed by atoms with van der Waals surface area (Å²) in [7, 11) is 2.91. The number of fused-ring (bicyclic) bond motifs is 1. The molecular weight excluding hydrogens is 488 g/mol.